The standard InChI is InChI=1S/C17H24N2O3.ClH/c1-11(12-5-3-2-4-6-12)7-17(20)19-14-9-16-15(8-13(14)18)21-10-22-16;/h8-9,11-12H,2-7,10,18H2,1H3,(H,19,20);1H. The van der Waals surface area contributed by atoms with Crippen LogP contribution in [0.1, 0.15) is 45.4 Å². The van der Waals surface area contributed by atoms with Crippen molar-refractivity contribution in [1.29, 1.82) is 0 Å². The molecule has 5 nitrogen and oxygen atoms in total. The molecule has 1 heterocycles. The number of benzene rings is 1. The number of halogens is 1. The number of fused-ring (bicyclic) bond motifs is 1. The Balaban J connectivity index is 0.00000192. The smallest absolute Gasteiger partial charge is 0.231 e. The van der Waals surface area contributed by atoms with Gasteiger partial charge in [0, 0.05) is 18.6 Å². The van der Waals surface area contributed by atoms with E-state index >= 15 is 0 Å². The van der Waals surface area contributed by atoms with E-state index in [1.807, 2.05) is 0 Å². The van der Waals surface area contributed by atoms with Crippen LogP contribution >= 0.6 is 12.4 Å². The van der Waals surface area contributed by atoms with Gasteiger partial charge in [0.25, 0.3) is 0 Å². The van der Waals surface area contributed by atoms with Crippen LogP contribution < -0.4 is 20.5 Å². The lowest BCUT2D eigenvalue weighted by Gasteiger charge is -2.27. The van der Waals surface area contributed by atoms with Crippen molar-refractivity contribution in [2.24, 2.45) is 11.8 Å². The fourth-order valence-corrected chi connectivity index (χ4v) is 3.43. The fourth-order valence-electron chi connectivity index (χ4n) is 3.43. The number of nitrogen functional groups attached to an aromatic ring is 1. The molecular weight excluding hydrogens is 316 g/mol. The number of ether oxygens (including phenoxy) is 2. The fraction of sp³-hybridized carbons (Fsp3) is 0.588. The Hall–Kier alpha value is -1.62. The second-order valence-corrected chi connectivity index (χ2v) is 6.42. The maximum Gasteiger partial charge on any atom is 0.231 e. The third-order valence-electron chi connectivity index (χ3n) is 4.78. The summed E-state index contributed by atoms with van der Waals surface area (Å²) in [7, 11) is 0. The SMILES string of the molecule is CC(CC(=O)Nc1cc2c(cc1N)OCO2)C1CCCCC1.Cl. The third kappa shape index (κ3) is 4.22. The molecule has 1 atom stereocenters. The van der Waals surface area contributed by atoms with Gasteiger partial charge in [-0.05, 0) is 11.8 Å². The lowest BCUT2D eigenvalue weighted by atomic mass is 9.79. The number of carbonyl (C=O) groups excluding carboxylic acids is 1. The molecule has 128 valence electrons. The topological polar surface area (TPSA) is 73.6 Å². The van der Waals surface area contributed by atoms with Gasteiger partial charge in [-0.15, -0.1) is 12.4 Å². The first-order chi connectivity index (χ1) is 10.6. The van der Waals surface area contributed by atoms with Crippen LogP contribution in [0.15, 0.2) is 12.1 Å². The van der Waals surface area contributed by atoms with Gasteiger partial charge in [0.15, 0.2) is 11.5 Å². The lowest BCUT2D eigenvalue weighted by molar-refractivity contribution is -0.117. The highest BCUT2D eigenvalue weighted by Crippen LogP contribution is 2.38. The molecule has 1 saturated carbocycles. The average molecular weight is 341 g/mol. The molecule has 3 N–H and O–H groups in total. The normalized spacial score (nSPS) is 18.1. The Morgan fingerprint density at radius 2 is 1.91 bits per heavy atom. The van der Waals surface area contributed by atoms with E-state index in [0.717, 1.165) is 0 Å². The van der Waals surface area contributed by atoms with E-state index in [9.17, 15) is 4.79 Å². The van der Waals surface area contributed by atoms with E-state index < -0.39 is 0 Å². The monoisotopic (exact) mass is 340 g/mol. The molecule has 1 unspecified atom stereocenters. The number of amides is 1. The van der Waals surface area contributed by atoms with Crippen LogP contribution in [0.25, 0.3) is 0 Å². The average Bonchev–Trinajstić information content (AvgIpc) is 2.95. The molecule has 1 fully saturated rings. The summed E-state index contributed by atoms with van der Waals surface area (Å²) < 4.78 is 10.6. The summed E-state index contributed by atoms with van der Waals surface area (Å²) in [5.74, 6) is 2.36. The molecule has 0 bridgehead atoms. The van der Waals surface area contributed by atoms with Crippen molar-refractivity contribution in [3.8, 4) is 11.5 Å². The zero-order valence-corrected chi connectivity index (χ0v) is 14.3. The van der Waals surface area contributed by atoms with E-state index in [4.69, 9.17) is 15.2 Å². The van der Waals surface area contributed by atoms with Crippen molar-refractivity contribution in [3.05, 3.63) is 12.1 Å². The molecule has 0 radical (unpaired) electrons. The number of rotatable bonds is 4. The van der Waals surface area contributed by atoms with Gasteiger partial charge in [0.1, 0.15) is 0 Å². The molecule has 0 spiro atoms. The van der Waals surface area contributed by atoms with Crippen molar-refractivity contribution in [2.45, 2.75) is 45.4 Å². The zero-order valence-electron chi connectivity index (χ0n) is 13.5. The highest BCUT2D eigenvalue weighted by atomic mass is 35.5. The van der Waals surface area contributed by atoms with E-state index in [1.54, 1.807) is 12.1 Å². The van der Waals surface area contributed by atoms with Crippen LogP contribution in [-0.4, -0.2) is 12.7 Å². The Bertz CT molecular complexity index is 559. The van der Waals surface area contributed by atoms with E-state index in [0.29, 0.717) is 41.1 Å². The van der Waals surface area contributed by atoms with E-state index in [1.165, 1.54) is 32.1 Å². The lowest BCUT2D eigenvalue weighted by Crippen LogP contribution is -2.22. The van der Waals surface area contributed by atoms with Gasteiger partial charge in [-0.3, -0.25) is 4.79 Å². The van der Waals surface area contributed by atoms with Crippen LogP contribution in [0, 0.1) is 11.8 Å². The van der Waals surface area contributed by atoms with Crippen molar-refractivity contribution in [1.82, 2.24) is 0 Å². The molecular formula is C17H25ClN2O3. The van der Waals surface area contributed by atoms with Gasteiger partial charge in [-0.2, -0.15) is 0 Å². The highest BCUT2D eigenvalue weighted by molar-refractivity contribution is 5.94. The van der Waals surface area contributed by atoms with Crippen molar-refractivity contribution < 1.29 is 14.3 Å². The molecule has 1 aromatic rings. The molecule has 1 aliphatic carbocycles. The van der Waals surface area contributed by atoms with Crippen LogP contribution in [0.5, 0.6) is 11.5 Å². The number of carbonyl (C=O) groups is 1. The number of nitrogens with two attached hydrogens (primary N) is 1. The molecule has 6 heteroatoms. The Morgan fingerprint density at radius 1 is 1.26 bits per heavy atom. The second kappa shape index (κ2) is 7.77. The summed E-state index contributed by atoms with van der Waals surface area (Å²) in [4.78, 5) is 12.3. The number of hydrogen-bond donors (Lipinski definition) is 2. The summed E-state index contributed by atoms with van der Waals surface area (Å²) in [6.07, 6.45) is 6.97. The summed E-state index contributed by atoms with van der Waals surface area (Å²) >= 11 is 0. The van der Waals surface area contributed by atoms with Gasteiger partial charge in [0.05, 0.1) is 11.4 Å². The van der Waals surface area contributed by atoms with Crippen molar-refractivity contribution >= 4 is 29.7 Å². The van der Waals surface area contributed by atoms with Crippen molar-refractivity contribution in [2.75, 3.05) is 17.8 Å². The van der Waals surface area contributed by atoms with Crippen molar-refractivity contribution in [3.63, 3.8) is 0 Å². The zero-order chi connectivity index (χ0) is 15.5. The molecule has 3 rings (SSSR count). The van der Waals surface area contributed by atoms with Crippen LogP contribution in [0.4, 0.5) is 11.4 Å². The van der Waals surface area contributed by atoms with Crippen LogP contribution in [0.3, 0.4) is 0 Å². The van der Waals surface area contributed by atoms with E-state index in [2.05, 4.69) is 12.2 Å². The summed E-state index contributed by atoms with van der Waals surface area (Å²) in [6, 6.07) is 3.43. The second-order valence-electron chi connectivity index (χ2n) is 6.42. The Morgan fingerprint density at radius 3 is 2.61 bits per heavy atom. The first-order valence-corrected chi connectivity index (χ1v) is 8.12. The molecule has 1 aliphatic heterocycles. The van der Waals surface area contributed by atoms with Gasteiger partial charge in [0.2, 0.25) is 12.7 Å². The minimum Gasteiger partial charge on any atom is -0.454 e. The van der Waals surface area contributed by atoms with Gasteiger partial charge in [-0.1, -0.05) is 39.0 Å². The molecule has 1 amide bonds. The predicted molar refractivity (Wildman–Crippen MR) is 93.2 cm³/mol. The first kappa shape index (κ1) is 17.7. The summed E-state index contributed by atoms with van der Waals surface area (Å²) in [6.45, 7) is 2.38. The third-order valence-corrected chi connectivity index (χ3v) is 4.78. The minimum absolute atomic E-state index is 0. The van der Waals surface area contributed by atoms with Gasteiger partial charge >= 0.3 is 0 Å². The molecule has 0 saturated heterocycles. The van der Waals surface area contributed by atoms with Crippen LogP contribution in [-0.2, 0) is 4.79 Å². The maximum atomic E-state index is 12.3. The Kier molecular flexibility index (Phi) is 5.99. The van der Waals surface area contributed by atoms with Crippen LogP contribution in [0.2, 0.25) is 0 Å². The van der Waals surface area contributed by atoms with Gasteiger partial charge < -0.3 is 20.5 Å². The molecule has 2 aliphatic rings. The number of nitrogens with one attached hydrogen (secondary N) is 1. The molecule has 1 aromatic carbocycles. The molecule has 0 aromatic heterocycles. The summed E-state index contributed by atoms with van der Waals surface area (Å²) in [5.41, 5.74) is 7.07. The van der Waals surface area contributed by atoms with E-state index in [-0.39, 0.29) is 25.1 Å². The first-order valence-electron chi connectivity index (χ1n) is 8.12. The number of anilines is 2. The maximum absolute atomic E-state index is 12.3. The molecule has 23 heavy (non-hydrogen) atoms. The largest absolute Gasteiger partial charge is 0.454 e. The predicted octanol–water partition coefficient (Wildman–Crippen LogP) is 3.96. The quantitative estimate of drug-likeness (QED) is 0.813. The minimum atomic E-state index is 0. The number of hydrogen-bond acceptors (Lipinski definition) is 4. The Labute approximate surface area is 143 Å². The highest BCUT2D eigenvalue weighted by Gasteiger charge is 2.23. The summed E-state index contributed by atoms with van der Waals surface area (Å²) in [5, 5.41) is 2.91. The van der Waals surface area contributed by atoms with Gasteiger partial charge in [-0.25, -0.2) is 0 Å².